The molecule has 0 unspecified atom stereocenters. The maximum absolute atomic E-state index is 12.5. The SMILES string of the molecule is C[C@@H](C(=O)NCc1ccccc1)N1CCC[C@H](Cn2cncn2)C1. The Hall–Kier alpha value is -2.21. The molecule has 2 aromatic rings. The number of hydrogen-bond donors (Lipinski definition) is 1. The fourth-order valence-corrected chi connectivity index (χ4v) is 3.29. The van der Waals surface area contributed by atoms with Crippen LogP contribution in [0.2, 0.25) is 0 Å². The molecular weight excluding hydrogens is 302 g/mol. The number of nitrogens with one attached hydrogen (secondary N) is 1. The van der Waals surface area contributed by atoms with Crippen LogP contribution in [-0.2, 0) is 17.9 Å². The van der Waals surface area contributed by atoms with Gasteiger partial charge in [0.25, 0.3) is 0 Å². The minimum Gasteiger partial charge on any atom is -0.351 e. The number of piperidine rings is 1. The number of benzene rings is 1. The smallest absolute Gasteiger partial charge is 0.237 e. The molecule has 6 nitrogen and oxygen atoms in total. The lowest BCUT2D eigenvalue weighted by Gasteiger charge is -2.36. The van der Waals surface area contributed by atoms with E-state index in [1.54, 1.807) is 12.7 Å². The predicted molar refractivity (Wildman–Crippen MR) is 92.1 cm³/mol. The van der Waals surface area contributed by atoms with E-state index in [1.165, 1.54) is 6.42 Å². The monoisotopic (exact) mass is 327 g/mol. The van der Waals surface area contributed by atoms with Crippen molar-refractivity contribution in [3.8, 4) is 0 Å². The van der Waals surface area contributed by atoms with E-state index < -0.39 is 0 Å². The zero-order chi connectivity index (χ0) is 16.8. The average Bonchev–Trinajstić information content (AvgIpc) is 3.13. The molecule has 3 rings (SSSR count). The number of hydrogen-bond acceptors (Lipinski definition) is 4. The standard InChI is InChI=1S/C18H25N5O/c1-15(18(24)20-10-16-6-3-2-4-7-16)22-9-5-8-17(11-22)12-23-14-19-13-21-23/h2-4,6-7,13-15,17H,5,8-12H2,1H3,(H,20,24)/t15-,17-/m0/s1. The Labute approximate surface area is 142 Å². The minimum atomic E-state index is -0.104. The Morgan fingerprint density at radius 1 is 1.38 bits per heavy atom. The van der Waals surface area contributed by atoms with Gasteiger partial charge in [-0.15, -0.1) is 0 Å². The molecule has 1 aromatic carbocycles. The van der Waals surface area contributed by atoms with Gasteiger partial charge in [-0.2, -0.15) is 5.10 Å². The van der Waals surface area contributed by atoms with Crippen LogP contribution in [0.1, 0.15) is 25.3 Å². The minimum absolute atomic E-state index is 0.0975. The number of nitrogens with zero attached hydrogens (tertiary/aromatic N) is 4. The van der Waals surface area contributed by atoms with Gasteiger partial charge in [0.2, 0.25) is 5.91 Å². The molecule has 1 saturated heterocycles. The molecular formula is C18H25N5O. The first-order valence-corrected chi connectivity index (χ1v) is 8.60. The molecule has 1 N–H and O–H groups in total. The van der Waals surface area contributed by atoms with Gasteiger partial charge >= 0.3 is 0 Å². The molecule has 1 aliphatic rings. The topological polar surface area (TPSA) is 63.1 Å². The molecule has 0 bridgehead atoms. The van der Waals surface area contributed by atoms with E-state index in [1.807, 2.05) is 41.9 Å². The predicted octanol–water partition coefficient (Wildman–Crippen LogP) is 1.69. The van der Waals surface area contributed by atoms with E-state index in [4.69, 9.17) is 0 Å². The van der Waals surface area contributed by atoms with E-state index in [2.05, 4.69) is 20.3 Å². The third-order valence-electron chi connectivity index (χ3n) is 4.70. The van der Waals surface area contributed by atoms with Crippen LogP contribution in [0.3, 0.4) is 0 Å². The van der Waals surface area contributed by atoms with Crippen LogP contribution >= 0.6 is 0 Å². The molecule has 1 aliphatic heterocycles. The Bertz CT molecular complexity index is 628. The van der Waals surface area contributed by atoms with E-state index >= 15 is 0 Å². The summed E-state index contributed by atoms with van der Waals surface area (Å²) in [4.78, 5) is 18.7. The first-order chi connectivity index (χ1) is 11.7. The second kappa shape index (κ2) is 8.06. The van der Waals surface area contributed by atoms with Crippen molar-refractivity contribution in [2.45, 2.75) is 38.9 Å². The first-order valence-electron chi connectivity index (χ1n) is 8.60. The van der Waals surface area contributed by atoms with Gasteiger partial charge in [-0.3, -0.25) is 14.4 Å². The summed E-state index contributed by atoms with van der Waals surface area (Å²) in [6, 6.07) is 9.91. The van der Waals surface area contributed by atoms with Crippen molar-refractivity contribution in [3.05, 3.63) is 48.5 Å². The van der Waals surface area contributed by atoms with Crippen LogP contribution in [0.25, 0.3) is 0 Å². The number of carbonyl (C=O) groups is 1. The van der Waals surface area contributed by atoms with Crippen LogP contribution in [0.4, 0.5) is 0 Å². The largest absolute Gasteiger partial charge is 0.351 e. The Balaban J connectivity index is 1.49. The van der Waals surface area contributed by atoms with Crippen molar-refractivity contribution in [2.24, 2.45) is 5.92 Å². The second-order valence-electron chi connectivity index (χ2n) is 6.50. The van der Waals surface area contributed by atoms with Crippen molar-refractivity contribution in [1.82, 2.24) is 25.0 Å². The zero-order valence-electron chi connectivity index (χ0n) is 14.1. The highest BCUT2D eigenvalue weighted by Gasteiger charge is 2.27. The number of amides is 1. The van der Waals surface area contributed by atoms with E-state index in [-0.39, 0.29) is 11.9 Å². The van der Waals surface area contributed by atoms with Crippen LogP contribution in [0, 0.1) is 5.92 Å². The fourth-order valence-electron chi connectivity index (χ4n) is 3.29. The first kappa shape index (κ1) is 16.6. The zero-order valence-corrected chi connectivity index (χ0v) is 14.1. The molecule has 1 aromatic heterocycles. The molecule has 128 valence electrons. The van der Waals surface area contributed by atoms with Crippen molar-refractivity contribution in [1.29, 1.82) is 0 Å². The van der Waals surface area contributed by atoms with Crippen molar-refractivity contribution >= 4 is 5.91 Å². The second-order valence-corrected chi connectivity index (χ2v) is 6.50. The normalized spacial score (nSPS) is 19.8. The number of carbonyl (C=O) groups excluding carboxylic acids is 1. The van der Waals surface area contributed by atoms with Crippen molar-refractivity contribution in [3.63, 3.8) is 0 Å². The fraction of sp³-hybridized carbons (Fsp3) is 0.500. The molecule has 1 amide bonds. The summed E-state index contributed by atoms with van der Waals surface area (Å²) >= 11 is 0. The van der Waals surface area contributed by atoms with E-state index in [0.29, 0.717) is 12.5 Å². The van der Waals surface area contributed by atoms with E-state index in [0.717, 1.165) is 31.6 Å². The van der Waals surface area contributed by atoms with Gasteiger partial charge in [0, 0.05) is 19.6 Å². The highest BCUT2D eigenvalue weighted by Crippen LogP contribution is 2.20. The van der Waals surface area contributed by atoms with Gasteiger partial charge in [0.15, 0.2) is 0 Å². The van der Waals surface area contributed by atoms with E-state index in [9.17, 15) is 4.79 Å². The van der Waals surface area contributed by atoms with Gasteiger partial charge in [0.05, 0.1) is 6.04 Å². The lowest BCUT2D eigenvalue weighted by Crippen LogP contribution is -2.49. The number of aromatic nitrogens is 3. The molecule has 2 atom stereocenters. The summed E-state index contributed by atoms with van der Waals surface area (Å²) in [5.74, 6) is 0.616. The van der Waals surface area contributed by atoms with Crippen molar-refractivity contribution in [2.75, 3.05) is 13.1 Å². The van der Waals surface area contributed by atoms with Crippen LogP contribution in [-0.4, -0.2) is 44.7 Å². The molecule has 24 heavy (non-hydrogen) atoms. The van der Waals surface area contributed by atoms with Gasteiger partial charge in [0.1, 0.15) is 12.7 Å². The summed E-state index contributed by atoms with van der Waals surface area (Å²) in [6.07, 6.45) is 5.62. The third-order valence-corrected chi connectivity index (χ3v) is 4.70. The molecule has 0 radical (unpaired) electrons. The van der Waals surface area contributed by atoms with Gasteiger partial charge in [-0.05, 0) is 37.8 Å². The Morgan fingerprint density at radius 2 is 2.21 bits per heavy atom. The Morgan fingerprint density at radius 3 is 2.96 bits per heavy atom. The summed E-state index contributed by atoms with van der Waals surface area (Å²) < 4.78 is 1.88. The molecule has 0 aliphatic carbocycles. The molecule has 1 fully saturated rings. The van der Waals surface area contributed by atoms with Crippen LogP contribution in [0.5, 0.6) is 0 Å². The van der Waals surface area contributed by atoms with Gasteiger partial charge in [-0.1, -0.05) is 30.3 Å². The summed E-state index contributed by atoms with van der Waals surface area (Å²) in [7, 11) is 0. The highest BCUT2D eigenvalue weighted by molar-refractivity contribution is 5.81. The lowest BCUT2D eigenvalue weighted by atomic mass is 9.96. The molecule has 6 heteroatoms. The lowest BCUT2D eigenvalue weighted by molar-refractivity contribution is -0.126. The van der Waals surface area contributed by atoms with Crippen molar-refractivity contribution < 1.29 is 4.79 Å². The summed E-state index contributed by atoms with van der Waals surface area (Å²) in [5.41, 5.74) is 1.13. The third kappa shape index (κ3) is 4.41. The van der Waals surface area contributed by atoms with Gasteiger partial charge < -0.3 is 5.32 Å². The molecule has 0 spiro atoms. The van der Waals surface area contributed by atoms with Crippen LogP contribution < -0.4 is 5.32 Å². The summed E-state index contributed by atoms with van der Waals surface area (Å²) in [6.45, 7) is 5.36. The summed E-state index contributed by atoms with van der Waals surface area (Å²) in [5, 5.41) is 7.23. The Kier molecular flexibility index (Phi) is 5.59. The maximum Gasteiger partial charge on any atom is 0.237 e. The molecule has 0 saturated carbocycles. The maximum atomic E-state index is 12.5. The highest BCUT2D eigenvalue weighted by atomic mass is 16.2. The average molecular weight is 327 g/mol. The molecule has 2 heterocycles. The van der Waals surface area contributed by atoms with Gasteiger partial charge in [-0.25, -0.2) is 4.98 Å². The van der Waals surface area contributed by atoms with Crippen LogP contribution in [0.15, 0.2) is 43.0 Å². The quantitative estimate of drug-likeness (QED) is 0.877. The number of likely N-dealkylation sites (tertiary alicyclic amines) is 1. The number of rotatable bonds is 6.